The lowest BCUT2D eigenvalue weighted by molar-refractivity contribution is 0.0448. The molecule has 0 aliphatic carbocycles. The number of rotatable bonds is 7. The number of nitrogens with zero attached hydrogens (tertiary/aromatic N) is 1. The average Bonchev–Trinajstić information content (AvgIpc) is 3.18. The number of thiazole rings is 1. The Hall–Kier alpha value is -2.61. The molecular formula is C14H14N2O5S. The van der Waals surface area contributed by atoms with Crippen LogP contribution < -0.4 is 5.32 Å². The van der Waals surface area contributed by atoms with Gasteiger partial charge in [-0.3, -0.25) is 0 Å². The Bertz CT molecular complexity index is 676. The van der Waals surface area contributed by atoms with Gasteiger partial charge in [0.05, 0.1) is 13.4 Å². The van der Waals surface area contributed by atoms with Crippen molar-refractivity contribution >= 4 is 28.4 Å². The molecule has 0 amide bonds. The van der Waals surface area contributed by atoms with Crippen molar-refractivity contribution < 1.29 is 23.5 Å². The van der Waals surface area contributed by atoms with Crippen LogP contribution in [0.4, 0.5) is 5.13 Å². The highest BCUT2D eigenvalue weighted by molar-refractivity contribution is 7.13. The van der Waals surface area contributed by atoms with Gasteiger partial charge in [-0.15, -0.1) is 17.9 Å². The Morgan fingerprint density at radius 3 is 3.05 bits per heavy atom. The Kier molecular flexibility index (Phi) is 5.31. The van der Waals surface area contributed by atoms with Crippen LogP contribution in [0, 0.1) is 0 Å². The molecular weight excluding hydrogens is 308 g/mol. The summed E-state index contributed by atoms with van der Waals surface area (Å²) in [6.45, 7) is 4.03. The van der Waals surface area contributed by atoms with Crippen LogP contribution in [0.1, 0.15) is 26.6 Å². The third-order valence-corrected chi connectivity index (χ3v) is 3.39. The second-order valence-corrected chi connectivity index (χ2v) is 4.91. The van der Waals surface area contributed by atoms with Crippen molar-refractivity contribution in [1.29, 1.82) is 0 Å². The molecule has 0 fully saturated rings. The van der Waals surface area contributed by atoms with E-state index in [9.17, 15) is 9.59 Å². The van der Waals surface area contributed by atoms with E-state index < -0.39 is 11.9 Å². The summed E-state index contributed by atoms with van der Waals surface area (Å²) in [6, 6.07) is 1.54. The van der Waals surface area contributed by atoms with E-state index in [1.165, 1.54) is 30.8 Å². The summed E-state index contributed by atoms with van der Waals surface area (Å²) in [5.41, 5.74) is 0.625. The van der Waals surface area contributed by atoms with Crippen molar-refractivity contribution in [3.05, 3.63) is 47.4 Å². The molecule has 8 heteroatoms. The molecule has 0 spiro atoms. The Morgan fingerprint density at radius 2 is 2.32 bits per heavy atom. The fourth-order valence-corrected chi connectivity index (χ4v) is 2.24. The normalized spacial score (nSPS) is 10.0. The fourth-order valence-electron chi connectivity index (χ4n) is 1.55. The van der Waals surface area contributed by atoms with Gasteiger partial charge in [0.15, 0.2) is 10.8 Å². The fraction of sp³-hybridized carbons (Fsp3) is 0.214. The molecule has 0 unspecified atom stereocenters. The van der Waals surface area contributed by atoms with Crippen LogP contribution in [-0.2, 0) is 16.1 Å². The van der Waals surface area contributed by atoms with Crippen LogP contribution in [0.3, 0.4) is 0 Å². The number of nitrogens with one attached hydrogen (secondary N) is 1. The Morgan fingerprint density at radius 1 is 1.50 bits per heavy atom. The zero-order chi connectivity index (χ0) is 15.9. The van der Waals surface area contributed by atoms with Crippen LogP contribution in [-0.4, -0.2) is 30.6 Å². The number of carbonyl (C=O) groups excluding carboxylic acids is 2. The lowest BCUT2D eigenvalue weighted by atomic mass is 10.2. The standard InChI is InChI=1S/C14H14N2O5S/c1-3-5-15-14-16-10(8-22-14)12(17)21-7-9-4-6-20-11(9)13(18)19-2/h3-4,6,8H,1,5,7H2,2H3,(H,15,16). The monoisotopic (exact) mass is 322 g/mol. The first-order valence-corrected chi connectivity index (χ1v) is 7.15. The molecule has 2 rings (SSSR count). The molecule has 22 heavy (non-hydrogen) atoms. The first kappa shape index (κ1) is 15.8. The molecule has 0 aliphatic heterocycles. The highest BCUT2D eigenvalue weighted by atomic mass is 32.1. The van der Waals surface area contributed by atoms with Gasteiger partial charge in [-0.05, 0) is 6.07 Å². The highest BCUT2D eigenvalue weighted by Crippen LogP contribution is 2.17. The molecule has 0 atom stereocenters. The van der Waals surface area contributed by atoms with E-state index in [2.05, 4.69) is 21.6 Å². The number of ether oxygens (including phenoxy) is 2. The average molecular weight is 322 g/mol. The van der Waals surface area contributed by atoms with Crippen molar-refractivity contribution in [3.63, 3.8) is 0 Å². The molecule has 116 valence electrons. The minimum absolute atomic E-state index is 0.0157. The zero-order valence-electron chi connectivity index (χ0n) is 11.8. The number of hydrogen-bond donors (Lipinski definition) is 1. The summed E-state index contributed by atoms with van der Waals surface area (Å²) < 4.78 is 14.7. The highest BCUT2D eigenvalue weighted by Gasteiger charge is 2.18. The summed E-state index contributed by atoms with van der Waals surface area (Å²) in [5.74, 6) is -1.19. The lowest BCUT2D eigenvalue weighted by Crippen LogP contribution is -2.09. The van der Waals surface area contributed by atoms with E-state index in [1.54, 1.807) is 11.5 Å². The molecule has 0 bridgehead atoms. The number of aromatic nitrogens is 1. The maximum atomic E-state index is 11.9. The van der Waals surface area contributed by atoms with E-state index in [1.807, 2.05) is 0 Å². The summed E-state index contributed by atoms with van der Waals surface area (Å²) in [5, 5.41) is 5.17. The molecule has 2 aromatic rings. The maximum Gasteiger partial charge on any atom is 0.374 e. The number of hydrogen-bond acceptors (Lipinski definition) is 8. The quantitative estimate of drug-likeness (QED) is 0.618. The van der Waals surface area contributed by atoms with Gasteiger partial charge in [0.1, 0.15) is 6.61 Å². The van der Waals surface area contributed by atoms with E-state index in [4.69, 9.17) is 9.15 Å². The van der Waals surface area contributed by atoms with Gasteiger partial charge in [0, 0.05) is 17.5 Å². The lowest BCUT2D eigenvalue weighted by Gasteiger charge is -2.03. The summed E-state index contributed by atoms with van der Waals surface area (Å²) in [4.78, 5) is 27.4. The number of methoxy groups -OCH3 is 1. The van der Waals surface area contributed by atoms with Crippen LogP contribution in [0.5, 0.6) is 0 Å². The van der Waals surface area contributed by atoms with Crippen molar-refractivity contribution in [1.82, 2.24) is 4.98 Å². The van der Waals surface area contributed by atoms with Crippen molar-refractivity contribution in [2.45, 2.75) is 6.61 Å². The molecule has 2 heterocycles. The number of anilines is 1. The number of esters is 2. The van der Waals surface area contributed by atoms with Gasteiger partial charge < -0.3 is 19.2 Å². The van der Waals surface area contributed by atoms with Gasteiger partial charge in [-0.1, -0.05) is 6.08 Å². The van der Waals surface area contributed by atoms with E-state index >= 15 is 0 Å². The molecule has 1 N–H and O–H groups in total. The summed E-state index contributed by atoms with van der Waals surface area (Å²) >= 11 is 1.29. The first-order chi connectivity index (χ1) is 10.7. The van der Waals surface area contributed by atoms with Crippen molar-refractivity contribution in [3.8, 4) is 0 Å². The van der Waals surface area contributed by atoms with Gasteiger partial charge in [-0.25, -0.2) is 14.6 Å². The van der Waals surface area contributed by atoms with Gasteiger partial charge in [0.2, 0.25) is 5.76 Å². The molecule has 0 radical (unpaired) electrons. The van der Waals surface area contributed by atoms with E-state index in [0.29, 0.717) is 17.2 Å². The zero-order valence-corrected chi connectivity index (χ0v) is 12.6. The summed E-state index contributed by atoms with van der Waals surface area (Å²) in [7, 11) is 1.24. The third-order valence-electron chi connectivity index (χ3n) is 2.59. The molecule has 0 aliphatic rings. The number of furan rings is 1. The molecule has 2 aromatic heterocycles. The van der Waals surface area contributed by atoms with Gasteiger partial charge in [-0.2, -0.15) is 0 Å². The van der Waals surface area contributed by atoms with Crippen LogP contribution >= 0.6 is 11.3 Å². The van der Waals surface area contributed by atoms with Crippen molar-refractivity contribution in [2.24, 2.45) is 0 Å². The molecule has 0 saturated carbocycles. The molecule has 7 nitrogen and oxygen atoms in total. The Labute approximate surface area is 130 Å². The topological polar surface area (TPSA) is 90.7 Å². The Balaban J connectivity index is 1.95. The minimum Gasteiger partial charge on any atom is -0.463 e. The predicted molar refractivity (Wildman–Crippen MR) is 80.0 cm³/mol. The van der Waals surface area contributed by atoms with Gasteiger partial charge in [0.25, 0.3) is 0 Å². The summed E-state index contributed by atoms with van der Waals surface area (Å²) in [6.07, 6.45) is 3.02. The smallest absolute Gasteiger partial charge is 0.374 e. The number of carbonyl (C=O) groups is 2. The largest absolute Gasteiger partial charge is 0.463 e. The predicted octanol–water partition coefficient (Wildman–Crippen LogP) is 2.48. The second kappa shape index (κ2) is 7.41. The minimum atomic E-state index is -0.624. The van der Waals surface area contributed by atoms with Crippen molar-refractivity contribution in [2.75, 3.05) is 19.0 Å². The maximum absolute atomic E-state index is 11.9. The third kappa shape index (κ3) is 3.73. The van der Waals surface area contributed by atoms with Crippen LogP contribution in [0.25, 0.3) is 0 Å². The second-order valence-electron chi connectivity index (χ2n) is 4.05. The van der Waals surface area contributed by atoms with E-state index in [-0.39, 0.29) is 18.1 Å². The van der Waals surface area contributed by atoms with E-state index in [0.717, 1.165) is 0 Å². The molecule has 0 aromatic carbocycles. The first-order valence-electron chi connectivity index (χ1n) is 6.27. The SMILES string of the molecule is C=CCNc1nc(C(=O)OCc2ccoc2C(=O)OC)cs1. The van der Waals surface area contributed by atoms with Gasteiger partial charge >= 0.3 is 11.9 Å². The van der Waals surface area contributed by atoms with Crippen LogP contribution in [0.15, 0.2) is 34.8 Å². The van der Waals surface area contributed by atoms with Crippen LogP contribution in [0.2, 0.25) is 0 Å². The molecule has 0 saturated heterocycles.